The lowest BCUT2D eigenvalue weighted by molar-refractivity contribution is -0.138. The van der Waals surface area contributed by atoms with Gasteiger partial charge in [-0.15, -0.1) is 0 Å². The van der Waals surface area contributed by atoms with E-state index in [4.69, 9.17) is 9.84 Å². The molecule has 0 saturated carbocycles. The van der Waals surface area contributed by atoms with E-state index in [1.165, 1.54) is 4.90 Å². The summed E-state index contributed by atoms with van der Waals surface area (Å²) in [5.41, 5.74) is -0.670. The molecule has 8 heteroatoms. The Morgan fingerprint density at radius 1 is 1.27 bits per heavy atom. The number of aliphatic carboxylic acids is 1. The zero-order chi connectivity index (χ0) is 18.7. The van der Waals surface area contributed by atoms with Gasteiger partial charge in [0.1, 0.15) is 18.2 Å². The largest absolute Gasteiger partial charge is 0.480 e. The van der Waals surface area contributed by atoms with Gasteiger partial charge in [-0.05, 0) is 18.6 Å². The summed E-state index contributed by atoms with van der Waals surface area (Å²) in [6.07, 6.45) is 5.99. The Hall–Kier alpha value is -2.51. The number of rotatable bonds is 6. The second-order valence-electron chi connectivity index (χ2n) is 7.06. The molecule has 8 nitrogen and oxygen atoms in total. The normalized spacial score (nSPS) is 20.3. The van der Waals surface area contributed by atoms with Crippen LogP contribution < -0.4 is 0 Å². The number of piperidine rings is 1. The molecular formula is C18H25N3O5. The fourth-order valence-corrected chi connectivity index (χ4v) is 3.81. The highest BCUT2D eigenvalue weighted by molar-refractivity contribution is 5.81. The van der Waals surface area contributed by atoms with E-state index in [1.54, 1.807) is 0 Å². The number of carboxylic acid groups (broad SMARTS) is 1. The highest BCUT2D eigenvalue weighted by Crippen LogP contribution is 2.34. The predicted octanol–water partition coefficient (Wildman–Crippen LogP) is 1.73. The van der Waals surface area contributed by atoms with Crippen molar-refractivity contribution in [1.82, 2.24) is 14.4 Å². The minimum absolute atomic E-state index is 0.0876. The molecule has 1 atom stereocenters. The van der Waals surface area contributed by atoms with Crippen LogP contribution in [0.15, 0.2) is 24.5 Å². The topological polar surface area (TPSA) is 92.1 Å². The van der Waals surface area contributed by atoms with E-state index in [2.05, 4.69) is 6.92 Å². The standard InChI is InChI=1S/C18H25N3O5/c1-2-5-14(19-8-3-4-9-19)16(24)20-10-6-18(7-11-20)13-21(12-15(22)23)17(25)26-18/h3-4,8-9,14H,2,5-7,10-13H2,1H3,(H,22,23)/t14-/m1/s1. The van der Waals surface area contributed by atoms with Crippen molar-refractivity contribution in [2.24, 2.45) is 0 Å². The molecule has 1 spiro atoms. The molecule has 1 aromatic heterocycles. The molecule has 1 N–H and O–H groups in total. The number of hydrogen-bond acceptors (Lipinski definition) is 4. The summed E-state index contributed by atoms with van der Waals surface area (Å²) in [6, 6.07) is 3.62. The van der Waals surface area contributed by atoms with Gasteiger partial charge in [0.15, 0.2) is 0 Å². The van der Waals surface area contributed by atoms with Crippen LogP contribution in [0.1, 0.15) is 38.6 Å². The van der Waals surface area contributed by atoms with E-state index in [1.807, 2.05) is 34.0 Å². The highest BCUT2D eigenvalue weighted by Gasteiger charge is 2.48. The summed E-state index contributed by atoms with van der Waals surface area (Å²) in [7, 11) is 0. The number of nitrogens with zero attached hydrogens (tertiary/aromatic N) is 3. The first-order chi connectivity index (χ1) is 12.4. The molecule has 0 aliphatic carbocycles. The monoisotopic (exact) mass is 363 g/mol. The maximum atomic E-state index is 13.0. The summed E-state index contributed by atoms with van der Waals surface area (Å²) in [5, 5.41) is 8.89. The first kappa shape index (κ1) is 18.3. The molecule has 0 radical (unpaired) electrons. The predicted molar refractivity (Wildman–Crippen MR) is 92.6 cm³/mol. The molecule has 3 rings (SSSR count). The van der Waals surface area contributed by atoms with E-state index in [0.29, 0.717) is 25.9 Å². The minimum atomic E-state index is -1.05. The lowest BCUT2D eigenvalue weighted by Crippen LogP contribution is -2.50. The number of hydrogen-bond donors (Lipinski definition) is 1. The Bertz CT molecular complexity index is 664. The van der Waals surface area contributed by atoms with E-state index in [0.717, 1.165) is 12.8 Å². The van der Waals surface area contributed by atoms with Crippen molar-refractivity contribution in [2.75, 3.05) is 26.2 Å². The minimum Gasteiger partial charge on any atom is -0.480 e. The number of carboxylic acids is 1. The molecule has 2 fully saturated rings. The van der Waals surface area contributed by atoms with Crippen LogP contribution >= 0.6 is 0 Å². The van der Waals surface area contributed by atoms with Crippen molar-refractivity contribution in [2.45, 2.75) is 44.2 Å². The van der Waals surface area contributed by atoms with Gasteiger partial charge in [0.05, 0.1) is 6.54 Å². The van der Waals surface area contributed by atoms with Gasteiger partial charge in [0.2, 0.25) is 5.91 Å². The first-order valence-electron chi connectivity index (χ1n) is 9.05. The van der Waals surface area contributed by atoms with Crippen LogP contribution in [-0.2, 0) is 14.3 Å². The third-order valence-corrected chi connectivity index (χ3v) is 5.19. The number of likely N-dealkylation sites (tertiary alicyclic amines) is 1. The Labute approximate surface area is 152 Å². The third kappa shape index (κ3) is 3.68. The van der Waals surface area contributed by atoms with Gasteiger partial charge >= 0.3 is 12.1 Å². The Kier molecular flexibility index (Phi) is 5.20. The third-order valence-electron chi connectivity index (χ3n) is 5.19. The van der Waals surface area contributed by atoms with Crippen molar-refractivity contribution in [1.29, 1.82) is 0 Å². The van der Waals surface area contributed by atoms with E-state index < -0.39 is 17.7 Å². The van der Waals surface area contributed by atoms with Crippen LogP contribution in [0, 0.1) is 0 Å². The van der Waals surface area contributed by atoms with Crippen LogP contribution in [0.3, 0.4) is 0 Å². The van der Waals surface area contributed by atoms with Crippen LogP contribution in [0.25, 0.3) is 0 Å². The number of carbonyl (C=O) groups excluding carboxylic acids is 2. The first-order valence-corrected chi connectivity index (χ1v) is 9.05. The van der Waals surface area contributed by atoms with Gasteiger partial charge in [0.25, 0.3) is 0 Å². The van der Waals surface area contributed by atoms with E-state index >= 15 is 0 Å². The zero-order valence-electron chi connectivity index (χ0n) is 15.0. The molecule has 0 aromatic carbocycles. The molecule has 2 saturated heterocycles. The van der Waals surface area contributed by atoms with E-state index in [-0.39, 0.29) is 25.0 Å². The van der Waals surface area contributed by atoms with Crippen LogP contribution in [0.4, 0.5) is 4.79 Å². The molecule has 2 aliphatic heterocycles. The van der Waals surface area contributed by atoms with Gasteiger partial charge in [0, 0.05) is 38.3 Å². The number of amides is 2. The summed E-state index contributed by atoms with van der Waals surface area (Å²) in [6.45, 7) is 3.00. The molecule has 0 bridgehead atoms. The second-order valence-corrected chi connectivity index (χ2v) is 7.06. The summed E-state index contributed by atoms with van der Waals surface area (Å²) in [4.78, 5) is 38.8. The van der Waals surface area contributed by atoms with Crippen molar-refractivity contribution >= 4 is 18.0 Å². The van der Waals surface area contributed by atoms with Crippen molar-refractivity contribution < 1.29 is 24.2 Å². The average Bonchev–Trinajstić information content (AvgIpc) is 3.22. The maximum absolute atomic E-state index is 13.0. The smallest absolute Gasteiger partial charge is 0.411 e. The lowest BCUT2D eigenvalue weighted by Gasteiger charge is -2.38. The zero-order valence-corrected chi connectivity index (χ0v) is 15.0. The number of aromatic nitrogens is 1. The van der Waals surface area contributed by atoms with Crippen molar-refractivity contribution in [3.05, 3.63) is 24.5 Å². The Morgan fingerprint density at radius 2 is 1.92 bits per heavy atom. The molecule has 3 heterocycles. The Balaban J connectivity index is 1.62. The molecule has 2 aliphatic rings. The highest BCUT2D eigenvalue weighted by atomic mass is 16.6. The summed E-state index contributed by atoms with van der Waals surface area (Å²) < 4.78 is 7.44. The lowest BCUT2D eigenvalue weighted by atomic mass is 9.91. The fourth-order valence-electron chi connectivity index (χ4n) is 3.81. The van der Waals surface area contributed by atoms with E-state index in [9.17, 15) is 14.4 Å². The van der Waals surface area contributed by atoms with Gasteiger partial charge in [-0.1, -0.05) is 13.3 Å². The number of ether oxygens (including phenoxy) is 1. The summed E-state index contributed by atoms with van der Waals surface area (Å²) in [5.74, 6) is -0.967. The van der Waals surface area contributed by atoms with Crippen LogP contribution in [0.2, 0.25) is 0 Å². The van der Waals surface area contributed by atoms with Gasteiger partial charge < -0.3 is 19.3 Å². The quantitative estimate of drug-likeness (QED) is 0.831. The van der Waals surface area contributed by atoms with Gasteiger partial charge in [-0.3, -0.25) is 14.5 Å². The fraction of sp³-hybridized carbons (Fsp3) is 0.611. The number of carbonyl (C=O) groups is 3. The SMILES string of the molecule is CCC[C@H](C(=O)N1CCC2(CC1)CN(CC(=O)O)C(=O)O2)n1cccc1. The molecule has 2 amide bonds. The average molecular weight is 363 g/mol. The molecule has 0 unspecified atom stereocenters. The van der Waals surface area contributed by atoms with Crippen molar-refractivity contribution in [3.63, 3.8) is 0 Å². The molecule has 1 aromatic rings. The van der Waals surface area contributed by atoms with Crippen molar-refractivity contribution in [3.8, 4) is 0 Å². The molecule has 26 heavy (non-hydrogen) atoms. The van der Waals surface area contributed by atoms with Crippen LogP contribution in [-0.4, -0.2) is 69.2 Å². The second kappa shape index (κ2) is 7.39. The Morgan fingerprint density at radius 3 is 2.50 bits per heavy atom. The van der Waals surface area contributed by atoms with Gasteiger partial charge in [-0.25, -0.2) is 4.79 Å². The summed E-state index contributed by atoms with van der Waals surface area (Å²) >= 11 is 0. The van der Waals surface area contributed by atoms with Crippen LogP contribution in [0.5, 0.6) is 0 Å². The van der Waals surface area contributed by atoms with Gasteiger partial charge in [-0.2, -0.15) is 0 Å². The molecular weight excluding hydrogens is 338 g/mol. The molecule has 142 valence electrons. The maximum Gasteiger partial charge on any atom is 0.411 e.